The fourth-order valence-corrected chi connectivity index (χ4v) is 3.72. The molecule has 2 N–H and O–H groups in total. The van der Waals surface area contributed by atoms with E-state index < -0.39 is 5.97 Å². The summed E-state index contributed by atoms with van der Waals surface area (Å²) >= 11 is 0. The molecule has 0 saturated heterocycles. The number of benzene rings is 1. The van der Waals surface area contributed by atoms with Crippen LogP contribution < -0.4 is 10.1 Å². The van der Waals surface area contributed by atoms with Gasteiger partial charge in [0.1, 0.15) is 11.6 Å². The molecule has 0 amide bonds. The third-order valence-electron chi connectivity index (χ3n) is 5.22. The average Bonchev–Trinajstić information content (AvgIpc) is 3.40. The number of carboxylic acids is 1. The Balaban J connectivity index is 1.31. The van der Waals surface area contributed by atoms with Gasteiger partial charge in [-0.15, -0.1) is 0 Å². The Morgan fingerprint density at radius 1 is 1.31 bits per heavy atom. The van der Waals surface area contributed by atoms with E-state index in [9.17, 15) is 4.79 Å². The zero-order chi connectivity index (χ0) is 17.9. The predicted octanol–water partition coefficient (Wildman–Crippen LogP) is 3.64. The molecule has 136 valence electrons. The summed E-state index contributed by atoms with van der Waals surface area (Å²) < 4.78 is 5.91. The zero-order valence-corrected chi connectivity index (χ0v) is 14.8. The molecule has 1 fully saturated rings. The van der Waals surface area contributed by atoms with Crippen molar-refractivity contribution in [2.24, 2.45) is 5.92 Å². The van der Waals surface area contributed by atoms with Crippen molar-refractivity contribution in [3.05, 3.63) is 53.2 Å². The second kappa shape index (κ2) is 7.36. The number of nitrogens with one attached hydrogen (secondary N) is 1. The second-order valence-corrected chi connectivity index (χ2v) is 7.21. The highest BCUT2D eigenvalue weighted by Crippen LogP contribution is 2.50. The number of anilines is 1. The van der Waals surface area contributed by atoms with Crippen molar-refractivity contribution in [1.82, 2.24) is 4.98 Å². The number of aromatic nitrogens is 1. The molecule has 2 heterocycles. The van der Waals surface area contributed by atoms with Gasteiger partial charge in [-0.2, -0.15) is 0 Å². The van der Waals surface area contributed by atoms with Crippen molar-refractivity contribution < 1.29 is 14.6 Å². The van der Waals surface area contributed by atoms with Crippen LogP contribution in [0.3, 0.4) is 0 Å². The number of hydrogen-bond acceptors (Lipinski definition) is 4. The lowest BCUT2D eigenvalue weighted by atomic mass is 10.1. The first-order valence-electron chi connectivity index (χ1n) is 9.36. The third-order valence-corrected chi connectivity index (χ3v) is 5.22. The maximum atomic E-state index is 10.8. The number of nitrogens with zero attached hydrogens (tertiary/aromatic N) is 1. The highest BCUT2D eigenvalue weighted by molar-refractivity contribution is 5.68. The summed E-state index contributed by atoms with van der Waals surface area (Å²) in [5, 5.41) is 12.3. The molecule has 1 saturated carbocycles. The number of aryl methyl sites for hydroxylation is 1. The molecule has 2 unspecified atom stereocenters. The standard InChI is InChI=1S/C21H24N2O3/c24-20(25)13-16-12-19(16)15-3-1-5-18(11-15)26-10-8-17-7-6-14-4-2-9-22-21(14)23-17/h1,3,5-7,11,16,19H,2,4,8-10,12-13H2,(H,22,23)(H,24,25). The lowest BCUT2D eigenvalue weighted by molar-refractivity contribution is -0.137. The molecule has 2 aromatic rings. The number of rotatable bonds is 7. The first-order chi connectivity index (χ1) is 12.7. The number of hydrogen-bond donors (Lipinski definition) is 2. The maximum Gasteiger partial charge on any atom is 0.303 e. The van der Waals surface area contributed by atoms with E-state index in [1.54, 1.807) is 0 Å². The SMILES string of the molecule is O=C(O)CC1CC1c1cccc(OCCc2ccc3c(n2)NCCC3)c1. The van der Waals surface area contributed by atoms with Gasteiger partial charge in [0.05, 0.1) is 6.61 Å². The summed E-state index contributed by atoms with van der Waals surface area (Å²) in [5.74, 6) is 1.79. The molecule has 0 bridgehead atoms. The lowest BCUT2D eigenvalue weighted by Crippen LogP contribution is -2.14. The number of carboxylic acid groups (broad SMARTS) is 1. The summed E-state index contributed by atoms with van der Waals surface area (Å²) in [6.07, 6.45) is 4.25. The normalized spacial score (nSPS) is 20.8. The second-order valence-electron chi connectivity index (χ2n) is 7.21. The van der Waals surface area contributed by atoms with Gasteiger partial charge in [-0.3, -0.25) is 4.79 Å². The Kier molecular flexibility index (Phi) is 4.78. The molecule has 0 radical (unpaired) electrons. The number of fused-ring (bicyclic) bond motifs is 1. The van der Waals surface area contributed by atoms with Crippen LogP contribution in [0.25, 0.3) is 0 Å². The Labute approximate surface area is 153 Å². The van der Waals surface area contributed by atoms with Crippen molar-refractivity contribution in [1.29, 1.82) is 0 Å². The largest absolute Gasteiger partial charge is 0.493 e. The molecule has 2 atom stereocenters. The van der Waals surface area contributed by atoms with Gasteiger partial charge < -0.3 is 15.2 Å². The van der Waals surface area contributed by atoms with E-state index in [2.05, 4.69) is 23.5 Å². The van der Waals surface area contributed by atoms with Crippen LogP contribution in [0.5, 0.6) is 5.75 Å². The van der Waals surface area contributed by atoms with Gasteiger partial charge in [0.15, 0.2) is 0 Å². The summed E-state index contributed by atoms with van der Waals surface area (Å²) in [7, 11) is 0. The van der Waals surface area contributed by atoms with Crippen LogP contribution in [0.4, 0.5) is 5.82 Å². The fourth-order valence-electron chi connectivity index (χ4n) is 3.72. The average molecular weight is 352 g/mol. The molecule has 4 rings (SSSR count). The molecule has 1 aliphatic carbocycles. The van der Waals surface area contributed by atoms with E-state index in [0.717, 1.165) is 43.1 Å². The number of pyridine rings is 1. The molecule has 5 nitrogen and oxygen atoms in total. The topological polar surface area (TPSA) is 71.5 Å². The molecule has 2 aliphatic rings. The minimum atomic E-state index is -0.711. The van der Waals surface area contributed by atoms with Crippen LogP contribution in [0, 0.1) is 5.92 Å². The number of carbonyl (C=O) groups is 1. The molecule has 0 spiro atoms. The summed E-state index contributed by atoms with van der Waals surface area (Å²) in [6.45, 7) is 1.58. The van der Waals surface area contributed by atoms with Crippen LogP contribution in [-0.2, 0) is 17.6 Å². The van der Waals surface area contributed by atoms with E-state index in [-0.39, 0.29) is 12.3 Å². The zero-order valence-electron chi connectivity index (χ0n) is 14.8. The minimum Gasteiger partial charge on any atom is -0.493 e. The first-order valence-corrected chi connectivity index (χ1v) is 9.36. The van der Waals surface area contributed by atoms with Gasteiger partial charge in [-0.1, -0.05) is 18.2 Å². The van der Waals surface area contributed by atoms with Gasteiger partial charge in [0, 0.05) is 25.1 Å². The van der Waals surface area contributed by atoms with E-state index in [4.69, 9.17) is 14.8 Å². The summed E-state index contributed by atoms with van der Waals surface area (Å²) in [6, 6.07) is 12.3. The van der Waals surface area contributed by atoms with Gasteiger partial charge in [0.25, 0.3) is 0 Å². The van der Waals surface area contributed by atoms with Crippen LogP contribution in [0.1, 0.15) is 42.0 Å². The lowest BCUT2D eigenvalue weighted by Gasteiger charge is -2.17. The monoisotopic (exact) mass is 352 g/mol. The Bertz CT molecular complexity index is 806. The maximum absolute atomic E-state index is 10.8. The van der Waals surface area contributed by atoms with Gasteiger partial charge >= 0.3 is 5.97 Å². The van der Waals surface area contributed by atoms with Crippen LogP contribution in [0.2, 0.25) is 0 Å². The van der Waals surface area contributed by atoms with Crippen molar-refractivity contribution in [3.8, 4) is 5.75 Å². The van der Waals surface area contributed by atoms with E-state index in [1.807, 2.05) is 18.2 Å². The third kappa shape index (κ3) is 3.98. The van der Waals surface area contributed by atoms with Crippen molar-refractivity contribution in [3.63, 3.8) is 0 Å². The van der Waals surface area contributed by atoms with Crippen LogP contribution in [0.15, 0.2) is 36.4 Å². The molecule has 1 aliphatic heterocycles. The van der Waals surface area contributed by atoms with Crippen molar-refractivity contribution >= 4 is 11.8 Å². The minimum absolute atomic E-state index is 0.258. The Morgan fingerprint density at radius 2 is 2.23 bits per heavy atom. The van der Waals surface area contributed by atoms with Crippen LogP contribution in [-0.4, -0.2) is 29.2 Å². The van der Waals surface area contributed by atoms with Gasteiger partial charge in [-0.25, -0.2) is 4.98 Å². The van der Waals surface area contributed by atoms with Crippen molar-refractivity contribution in [2.75, 3.05) is 18.5 Å². The molecular formula is C21H24N2O3. The van der Waals surface area contributed by atoms with Gasteiger partial charge in [0.2, 0.25) is 0 Å². The number of aliphatic carboxylic acids is 1. The summed E-state index contributed by atoms with van der Waals surface area (Å²) in [4.78, 5) is 15.5. The van der Waals surface area contributed by atoms with E-state index >= 15 is 0 Å². The van der Waals surface area contributed by atoms with E-state index in [1.165, 1.54) is 17.5 Å². The van der Waals surface area contributed by atoms with Crippen molar-refractivity contribution in [2.45, 2.75) is 38.0 Å². The van der Waals surface area contributed by atoms with Gasteiger partial charge in [-0.05, 0) is 60.4 Å². The molecule has 5 heteroatoms. The summed E-state index contributed by atoms with van der Waals surface area (Å²) in [5.41, 5.74) is 3.52. The predicted molar refractivity (Wildman–Crippen MR) is 99.8 cm³/mol. The number of ether oxygens (including phenoxy) is 1. The fraction of sp³-hybridized carbons (Fsp3) is 0.429. The molecular weight excluding hydrogens is 328 g/mol. The Morgan fingerprint density at radius 3 is 3.12 bits per heavy atom. The molecule has 1 aromatic heterocycles. The smallest absolute Gasteiger partial charge is 0.303 e. The van der Waals surface area contributed by atoms with E-state index in [0.29, 0.717) is 12.5 Å². The first kappa shape index (κ1) is 16.9. The highest BCUT2D eigenvalue weighted by Gasteiger charge is 2.39. The quantitative estimate of drug-likeness (QED) is 0.796. The Hall–Kier alpha value is -2.56. The molecule has 26 heavy (non-hydrogen) atoms. The highest BCUT2D eigenvalue weighted by atomic mass is 16.5. The van der Waals surface area contributed by atoms with Crippen LogP contribution >= 0.6 is 0 Å². The molecule has 1 aromatic carbocycles.